The zero-order valence-electron chi connectivity index (χ0n) is 25.2. The molecule has 0 saturated heterocycles. The molecule has 2 heterocycles. The maximum atomic E-state index is 13.4. The zero-order valence-corrected chi connectivity index (χ0v) is 25.2. The summed E-state index contributed by atoms with van der Waals surface area (Å²) in [5, 5.41) is 4.25. The first-order valence-electron chi connectivity index (χ1n) is 15.2. The predicted molar refractivity (Wildman–Crippen MR) is 167 cm³/mol. The van der Waals surface area contributed by atoms with Gasteiger partial charge in [-0.3, -0.25) is 9.99 Å². The van der Waals surface area contributed by atoms with E-state index in [0.29, 0.717) is 36.0 Å². The SMILES string of the molecule is CCOc1nc2cccc(C(=O)OC(C)OC(=O)OC3CCCCC3)c2n1Cc1ccc(-c2ccccc2C2=NNNN2)cc1. The van der Waals surface area contributed by atoms with Crippen LogP contribution in [0.5, 0.6) is 6.01 Å². The van der Waals surface area contributed by atoms with Crippen LogP contribution in [0.3, 0.4) is 0 Å². The summed E-state index contributed by atoms with van der Waals surface area (Å²) in [6.45, 7) is 4.16. The van der Waals surface area contributed by atoms with Crippen LogP contribution in [0.2, 0.25) is 0 Å². The van der Waals surface area contributed by atoms with Gasteiger partial charge in [0.1, 0.15) is 6.10 Å². The maximum Gasteiger partial charge on any atom is 0.511 e. The molecular weight excluding hydrogens is 576 g/mol. The van der Waals surface area contributed by atoms with Gasteiger partial charge in [0.2, 0.25) is 6.29 Å². The summed E-state index contributed by atoms with van der Waals surface area (Å²) in [6, 6.07) is 21.7. The fourth-order valence-electron chi connectivity index (χ4n) is 5.68. The molecule has 0 bridgehead atoms. The Labute approximate surface area is 260 Å². The van der Waals surface area contributed by atoms with Gasteiger partial charge in [-0.2, -0.15) is 4.98 Å². The minimum Gasteiger partial charge on any atom is -0.465 e. The lowest BCUT2D eigenvalue weighted by Gasteiger charge is -2.22. The summed E-state index contributed by atoms with van der Waals surface area (Å²) >= 11 is 0. The average molecular weight is 613 g/mol. The first-order chi connectivity index (χ1) is 22.0. The first kappa shape index (κ1) is 29.9. The van der Waals surface area contributed by atoms with E-state index >= 15 is 0 Å². The Morgan fingerprint density at radius 1 is 0.956 bits per heavy atom. The molecule has 2 aliphatic rings. The van der Waals surface area contributed by atoms with E-state index in [9.17, 15) is 9.59 Å². The Hall–Kier alpha value is -5.10. The number of carbonyl (C=O) groups is 2. The van der Waals surface area contributed by atoms with Gasteiger partial charge in [0, 0.05) is 12.5 Å². The molecule has 234 valence electrons. The van der Waals surface area contributed by atoms with E-state index in [4.69, 9.17) is 18.9 Å². The number of carbonyl (C=O) groups excluding carboxylic acids is 2. The highest BCUT2D eigenvalue weighted by Crippen LogP contribution is 2.29. The number of rotatable bonds is 10. The number of ether oxygens (including phenoxy) is 4. The molecule has 1 unspecified atom stereocenters. The smallest absolute Gasteiger partial charge is 0.465 e. The number of hydrogen-bond donors (Lipinski definition) is 3. The summed E-state index contributed by atoms with van der Waals surface area (Å²) < 4.78 is 23.9. The second-order valence-corrected chi connectivity index (χ2v) is 10.9. The fraction of sp³-hybridized carbons (Fsp3) is 0.333. The van der Waals surface area contributed by atoms with E-state index < -0.39 is 18.4 Å². The van der Waals surface area contributed by atoms with Gasteiger partial charge >= 0.3 is 12.1 Å². The number of esters is 1. The molecule has 1 atom stereocenters. The highest BCUT2D eigenvalue weighted by Gasteiger charge is 2.25. The molecule has 1 saturated carbocycles. The fourth-order valence-corrected chi connectivity index (χ4v) is 5.68. The standard InChI is InChI=1S/C33H36N6O6/c1-3-42-32-34-28-15-9-14-27(31(40)43-21(2)44-33(41)45-24-10-5-4-6-11-24)29(28)39(32)20-22-16-18-23(19-17-22)25-12-7-8-13-26(25)30-35-37-38-36-30/h7-9,12-19,21,24,37-38H,3-6,10-11,20H2,1-2H3,(H,35,36). The third-order valence-electron chi connectivity index (χ3n) is 7.77. The van der Waals surface area contributed by atoms with Crippen LogP contribution >= 0.6 is 0 Å². The Bertz CT molecular complexity index is 1700. The number of fused-ring (bicyclic) bond motifs is 1. The number of hydrogen-bond acceptors (Lipinski definition) is 11. The van der Waals surface area contributed by atoms with E-state index in [0.717, 1.165) is 54.4 Å². The number of amidine groups is 1. The molecule has 12 heteroatoms. The molecule has 1 aliphatic carbocycles. The molecule has 1 fully saturated rings. The Balaban J connectivity index is 1.22. The lowest BCUT2D eigenvalue weighted by molar-refractivity contribution is -0.0914. The van der Waals surface area contributed by atoms with Crippen molar-refractivity contribution in [3.8, 4) is 17.1 Å². The van der Waals surface area contributed by atoms with Gasteiger partial charge in [-0.15, -0.1) is 10.6 Å². The first-order valence-corrected chi connectivity index (χ1v) is 15.2. The third kappa shape index (κ3) is 6.86. The monoisotopic (exact) mass is 612 g/mol. The summed E-state index contributed by atoms with van der Waals surface area (Å²) in [6.07, 6.45) is 2.67. The van der Waals surface area contributed by atoms with E-state index in [1.807, 2.05) is 66.1 Å². The van der Waals surface area contributed by atoms with Crippen LogP contribution in [-0.2, 0) is 20.8 Å². The van der Waals surface area contributed by atoms with Gasteiger partial charge < -0.3 is 18.9 Å². The van der Waals surface area contributed by atoms with Crippen molar-refractivity contribution in [1.29, 1.82) is 0 Å². The third-order valence-corrected chi connectivity index (χ3v) is 7.77. The van der Waals surface area contributed by atoms with Crippen molar-refractivity contribution in [1.82, 2.24) is 26.0 Å². The largest absolute Gasteiger partial charge is 0.511 e. The van der Waals surface area contributed by atoms with Crippen LogP contribution in [0.25, 0.3) is 22.2 Å². The normalized spacial score (nSPS) is 15.5. The summed E-state index contributed by atoms with van der Waals surface area (Å²) in [5.74, 6) is 0.0447. The summed E-state index contributed by atoms with van der Waals surface area (Å²) in [4.78, 5) is 30.3. The van der Waals surface area contributed by atoms with Crippen molar-refractivity contribution in [2.75, 3.05) is 6.61 Å². The van der Waals surface area contributed by atoms with Gasteiger partial charge in [0.15, 0.2) is 5.84 Å². The Kier molecular flexibility index (Phi) is 9.11. The number of para-hydroxylation sites is 1. The lowest BCUT2D eigenvalue weighted by Crippen LogP contribution is -2.35. The maximum absolute atomic E-state index is 13.4. The number of hydrazine groups is 2. The van der Waals surface area contributed by atoms with Crippen molar-refractivity contribution in [2.45, 2.75) is 64.9 Å². The van der Waals surface area contributed by atoms with Crippen LogP contribution < -0.4 is 21.2 Å². The second-order valence-electron chi connectivity index (χ2n) is 10.9. The predicted octanol–water partition coefficient (Wildman–Crippen LogP) is 5.41. The number of nitrogens with one attached hydrogen (secondary N) is 3. The molecule has 12 nitrogen and oxygen atoms in total. The number of nitrogens with zero attached hydrogens (tertiary/aromatic N) is 3. The van der Waals surface area contributed by atoms with Gasteiger partial charge in [0.05, 0.1) is 29.7 Å². The molecule has 3 aromatic carbocycles. The van der Waals surface area contributed by atoms with E-state index in [1.165, 1.54) is 6.92 Å². The molecule has 6 rings (SSSR count). The molecule has 1 aliphatic heterocycles. The van der Waals surface area contributed by atoms with Crippen molar-refractivity contribution < 1.29 is 28.5 Å². The van der Waals surface area contributed by atoms with Crippen molar-refractivity contribution in [3.05, 3.63) is 83.4 Å². The second kappa shape index (κ2) is 13.7. The average Bonchev–Trinajstić information content (AvgIpc) is 3.71. The minimum atomic E-state index is -1.14. The highest BCUT2D eigenvalue weighted by atomic mass is 16.8. The van der Waals surface area contributed by atoms with Gasteiger partial charge in [0.25, 0.3) is 6.01 Å². The van der Waals surface area contributed by atoms with Crippen LogP contribution in [0.1, 0.15) is 67.4 Å². The van der Waals surface area contributed by atoms with Crippen molar-refractivity contribution in [3.63, 3.8) is 0 Å². The Morgan fingerprint density at radius 3 is 2.47 bits per heavy atom. The summed E-state index contributed by atoms with van der Waals surface area (Å²) in [7, 11) is 0. The molecule has 45 heavy (non-hydrogen) atoms. The van der Waals surface area contributed by atoms with E-state index in [2.05, 4.69) is 26.6 Å². The number of imidazole rings is 1. The van der Waals surface area contributed by atoms with Crippen LogP contribution in [0.15, 0.2) is 71.8 Å². The topological polar surface area (TPSA) is 137 Å². The zero-order chi connectivity index (χ0) is 31.2. The van der Waals surface area contributed by atoms with E-state index in [-0.39, 0.29) is 11.7 Å². The highest BCUT2D eigenvalue weighted by molar-refractivity contribution is 6.04. The van der Waals surface area contributed by atoms with Crippen LogP contribution in [0.4, 0.5) is 4.79 Å². The Morgan fingerprint density at radius 2 is 1.73 bits per heavy atom. The quantitative estimate of drug-likeness (QED) is 0.157. The molecule has 0 radical (unpaired) electrons. The number of hydrazone groups is 1. The lowest BCUT2D eigenvalue weighted by atomic mass is 9.98. The summed E-state index contributed by atoms with van der Waals surface area (Å²) in [5.41, 5.74) is 13.9. The van der Waals surface area contributed by atoms with Gasteiger partial charge in [-0.1, -0.05) is 61.0 Å². The molecule has 1 aromatic heterocycles. The molecule has 0 amide bonds. The molecule has 4 aromatic rings. The van der Waals surface area contributed by atoms with Crippen LogP contribution in [-0.4, -0.2) is 46.5 Å². The minimum absolute atomic E-state index is 0.161. The van der Waals surface area contributed by atoms with Gasteiger partial charge in [-0.25, -0.2) is 15.1 Å². The van der Waals surface area contributed by atoms with Crippen molar-refractivity contribution >= 4 is 29.0 Å². The number of aromatic nitrogens is 2. The van der Waals surface area contributed by atoms with E-state index in [1.54, 1.807) is 12.1 Å². The molecule has 3 N–H and O–H groups in total. The molecule has 0 spiro atoms. The number of benzene rings is 3. The molecular formula is C33H36N6O6. The van der Waals surface area contributed by atoms with Gasteiger partial charge in [-0.05, 0) is 61.4 Å². The van der Waals surface area contributed by atoms with Crippen molar-refractivity contribution in [2.24, 2.45) is 5.10 Å². The van der Waals surface area contributed by atoms with Crippen LogP contribution in [0, 0.1) is 0 Å².